The van der Waals surface area contributed by atoms with Crippen LogP contribution in [-0.4, -0.2) is 53.6 Å². The fourth-order valence-electron chi connectivity index (χ4n) is 2.27. The number of hydrogen-bond acceptors (Lipinski definition) is 3. The van der Waals surface area contributed by atoms with Crippen molar-refractivity contribution in [2.24, 2.45) is 5.92 Å². The van der Waals surface area contributed by atoms with Gasteiger partial charge in [0, 0.05) is 32.1 Å². The minimum absolute atomic E-state index is 0.00705. The zero-order valence-corrected chi connectivity index (χ0v) is 10.0. The number of piperidine rings is 1. The van der Waals surface area contributed by atoms with Gasteiger partial charge in [-0.15, -0.1) is 0 Å². The second kappa shape index (κ2) is 5.24. The van der Waals surface area contributed by atoms with Gasteiger partial charge in [-0.1, -0.05) is 0 Å². The molecule has 2 aliphatic heterocycles. The highest BCUT2D eigenvalue weighted by Crippen LogP contribution is 2.16. The van der Waals surface area contributed by atoms with Crippen LogP contribution in [0.25, 0.3) is 0 Å². The van der Waals surface area contributed by atoms with Crippen molar-refractivity contribution in [2.75, 3.05) is 19.6 Å². The molecular formula is C11H17N3O4. The molecule has 0 radical (unpaired) electrons. The molecule has 3 amide bonds. The van der Waals surface area contributed by atoms with Crippen molar-refractivity contribution in [3.05, 3.63) is 0 Å². The summed E-state index contributed by atoms with van der Waals surface area (Å²) in [6.45, 7) is 1.18. The Morgan fingerprint density at radius 2 is 2.17 bits per heavy atom. The maximum absolute atomic E-state index is 11.9. The van der Waals surface area contributed by atoms with E-state index in [2.05, 4.69) is 10.6 Å². The number of likely N-dealkylation sites (tertiary alicyclic amines) is 1. The summed E-state index contributed by atoms with van der Waals surface area (Å²) in [5, 5.41) is 14.4. The molecule has 7 nitrogen and oxygen atoms in total. The fraction of sp³-hybridized carbons (Fsp3) is 0.727. The van der Waals surface area contributed by atoms with E-state index in [1.54, 1.807) is 0 Å². The van der Waals surface area contributed by atoms with Crippen molar-refractivity contribution >= 4 is 17.9 Å². The number of carboxylic acid groups (broad SMARTS) is 1. The van der Waals surface area contributed by atoms with Crippen molar-refractivity contribution in [1.29, 1.82) is 0 Å². The fourth-order valence-corrected chi connectivity index (χ4v) is 2.27. The maximum Gasteiger partial charge on any atom is 0.317 e. The van der Waals surface area contributed by atoms with Crippen molar-refractivity contribution < 1.29 is 19.5 Å². The Labute approximate surface area is 105 Å². The molecule has 0 aromatic carbocycles. The highest BCUT2D eigenvalue weighted by molar-refractivity contribution is 5.79. The van der Waals surface area contributed by atoms with Gasteiger partial charge in [-0.25, -0.2) is 4.79 Å². The van der Waals surface area contributed by atoms with Crippen LogP contribution in [0.2, 0.25) is 0 Å². The van der Waals surface area contributed by atoms with Gasteiger partial charge in [0.1, 0.15) is 0 Å². The van der Waals surface area contributed by atoms with E-state index in [-0.39, 0.29) is 24.5 Å². The molecule has 2 rings (SSSR count). The Bertz CT molecular complexity index is 361. The van der Waals surface area contributed by atoms with Gasteiger partial charge < -0.3 is 20.6 Å². The number of urea groups is 1. The van der Waals surface area contributed by atoms with E-state index in [0.717, 1.165) is 0 Å². The monoisotopic (exact) mass is 255 g/mol. The lowest BCUT2D eigenvalue weighted by Gasteiger charge is -2.26. The lowest BCUT2D eigenvalue weighted by molar-refractivity contribution is -0.141. The Morgan fingerprint density at radius 3 is 2.72 bits per heavy atom. The molecule has 2 saturated heterocycles. The van der Waals surface area contributed by atoms with E-state index in [1.165, 1.54) is 4.90 Å². The first-order chi connectivity index (χ1) is 8.56. The van der Waals surface area contributed by atoms with Gasteiger partial charge in [0.2, 0.25) is 5.91 Å². The number of aliphatic carboxylic acids is 1. The van der Waals surface area contributed by atoms with Gasteiger partial charge in [-0.3, -0.25) is 9.59 Å². The van der Waals surface area contributed by atoms with Crippen LogP contribution in [0.1, 0.15) is 19.3 Å². The number of rotatable bonds is 2. The summed E-state index contributed by atoms with van der Waals surface area (Å²) in [6.07, 6.45) is 1.56. The second-order valence-electron chi connectivity index (χ2n) is 4.76. The first-order valence-corrected chi connectivity index (χ1v) is 6.11. The second-order valence-corrected chi connectivity index (χ2v) is 4.76. The molecule has 18 heavy (non-hydrogen) atoms. The molecule has 0 saturated carbocycles. The van der Waals surface area contributed by atoms with E-state index in [0.29, 0.717) is 32.4 Å². The Kier molecular flexibility index (Phi) is 3.69. The van der Waals surface area contributed by atoms with E-state index in [9.17, 15) is 14.4 Å². The van der Waals surface area contributed by atoms with Crippen LogP contribution < -0.4 is 10.6 Å². The molecule has 0 aromatic heterocycles. The van der Waals surface area contributed by atoms with Crippen molar-refractivity contribution in [2.45, 2.75) is 25.3 Å². The summed E-state index contributed by atoms with van der Waals surface area (Å²) in [5.74, 6) is -1.30. The highest BCUT2D eigenvalue weighted by atomic mass is 16.4. The van der Waals surface area contributed by atoms with Crippen molar-refractivity contribution in [3.63, 3.8) is 0 Å². The number of carbonyl (C=O) groups excluding carboxylic acids is 2. The van der Waals surface area contributed by atoms with Crippen LogP contribution in [0.15, 0.2) is 0 Å². The average molecular weight is 255 g/mol. The zero-order valence-electron chi connectivity index (χ0n) is 10.0. The van der Waals surface area contributed by atoms with Gasteiger partial charge in [0.15, 0.2) is 0 Å². The van der Waals surface area contributed by atoms with Crippen molar-refractivity contribution in [3.8, 4) is 0 Å². The molecule has 3 N–H and O–H groups in total. The molecule has 2 heterocycles. The molecule has 2 unspecified atom stereocenters. The summed E-state index contributed by atoms with van der Waals surface area (Å²) in [6, 6.07) is -0.293. The predicted octanol–water partition coefficient (Wildman–Crippen LogP) is -0.619. The van der Waals surface area contributed by atoms with E-state index < -0.39 is 11.9 Å². The van der Waals surface area contributed by atoms with E-state index >= 15 is 0 Å². The molecule has 0 aromatic rings. The number of hydrogen-bond donors (Lipinski definition) is 3. The summed E-state index contributed by atoms with van der Waals surface area (Å²) in [5.41, 5.74) is 0. The van der Waals surface area contributed by atoms with Crippen LogP contribution in [0.4, 0.5) is 4.79 Å². The minimum atomic E-state index is -0.852. The SMILES string of the molecule is O=C1CCC(NC(=O)N2CCC(C(=O)O)C2)CN1. The lowest BCUT2D eigenvalue weighted by Crippen LogP contribution is -2.51. The Balaban J connectivity index is 1.78. The topological polar surface area (TPSA) is 98.7 Å². The summed E-state index contributed by atoms with van der Waals surface area (Å²) in [4.78, 5) is 35.2. The van der Waals surface area contributed by atoms with Crippen LogP contribution >= 0.6 is 0 Å². The third-order valence-corrected chi connectivity index (χ3v) is 3.42. The number of nitrogens with zero attached hydrogens (tertiary/aromatic N) is 1. The molecule has 7 heteroatoms. The number of carboxylic acids is 1. The maximum atomic E-state index is 11.9. The Morgan fingerprint density at radius 1 is 1.39 bits per heavy atom. The lowest BCUT2D eigenvalue weighted by atomic mass is 10.1. The molecule has 2 atom stereocenters. The summed E-state index contributed by atoms with van der Waals surface area (Å²) in [7, 11) is 0. The summed E-state index contributed by atoms with van der Waals surface area (Å²) >= 11 is 0. The largest absolute Gasteiger partial charge is 0.481 e. The van der Waals surface area contributed by atoms with Crippen LogP contribution in [0.3, 0.4) is 0 Å². The van der Waals surface area contributed by atoms with Crippen LogP contribution in [0, 0.1) is 5.92 Å². The number of carbonyl (C=O) groups is 3. The average Bonchev–Trinajstić information content (AvgIpc) is 2.81. The van der Waals surface area contributed by atoms with Crippen molar-refractivity contribution in [1.82, 2.24) is 15.5 Å². The highest BCUT2D eigenvalue weighted by Gasteiger charge is 2.32. The molecule has 2 aliphatic rings. The normalized spacial score (nSPS) is 27.8. The smallest absolute Gasteiger partial charge is 0.317 e. The van der Waals surface area contributed by atoms with Gasteiger partial charge in [-0.2, -0.15) is 0 Å². The quantitative estimate of drug-likeness (QED) is 0.612. The third-order valence-electron chi connectivity index (χ3n) is 3.42. The molecule has 100 valence electrons. The van der Waals surface area contributed by atoms with Crippen LogP contribution in [-0.2, 0) is 9.59 Å². The zero-order chi connectivity index (χ0) is 13.1. The first kappa shape index (κ1) is 12.7. The van der Waals surface area contributed by atoms with E-state index in [1.807, 2.05) is 0 Å². The van der Waals surface area contributed by atoms with E-state index in [4.69, 9.17) is 5.11 Å². The molecule has 0 aliphatic carbocycles. The number of nitrogens with one attached hydrogen (secondary N) is 2. The molecule has 0 bridgehead atoms. The van der Waals surface area contributed by atoms with Crippen LogP contribution in [0.5, 0.6) is 0 Å². The van der Waals surface area contributed by atoms with Gasteiger partial charge in [0.25, 0.3) is 0 Å². The minimum Gasteiger partial charge on any atom is -0.481 e. The van der Waals surface area contributed by atoms with Gasteiger partial charge >= 0.3 is 12.0 Å². The molecule has 0 spiro atoms. The Hall–Kier alpha value is -1.79. The van der Waals surface area contributed by atoms with Gasteiger partial charge in [0.05, 0.1) is 5.92 Å². The standard InChI is InChI=1S/C11H17N3O4/c15-9-2-1-8(5-12-9)13-11(18)14-4-3-7(6-14)10(16)17/h7-8H,1-6H2,(H,12,15)(H,13,18)(H,16,17). The summed E-state index contributed by atoms with van der Waals surface area (Å²) < 4.78 is 0. The number of amides is 3. The van der Waals surface area contributed by atoms with Gasteiger partial charge in [-0.05, 0) is 12.8 Å². The molecular weight excluding hydrogens is 238 g/mol. The predicted molar refractivity (Wildman–Crippen MR) is 61.9 cm³/mol. The first-order valence-electron chi connectivity index (χ1n) is 6.11. The molecule has 2 fully saturated rings. The third kappa shape index (κ3) is 2.91.